The second-order valence-electron chi connectivity index (χ2n) is 8.38. The second-order valence-corrected chi connectivity index (χ2v) is 9.29. The van der Waals surface area contributed by atoms with Crippen LogP contribution >= 0.6 is 15.9 Å². The summed E-state index contributed by atoms with van der Waals surface area (Å²) in [5.41, 5.74) is 7.23. The average molecular weight is 487 g/mol. The molecule has 0 fully saturated rings. The van der Waals surface area contributed by atoms with Crippen LogP contribution in [-0.4, -0.2) is 9.13 Å². The summed E-state index contributed by atoms with van der Waals surface area (Å²) in [6.45, 7) is 0. The summed E-state index contributed by atoms with van der Waals surface area (Å²) in [6, 6.07) is 41.2. The van der Waals surface area contributed by atoms with Crippen LogP contribution in [0.1, 0.15) is 0 Å². The largest absolute Gasteiger partial charge is 0.309 e. The highest BCUT2D eigenvalue weighted by Gasteiger charge is 2.20. The van der Waals surface area contributed by atoms with Gasteiger partial charge in [0.1, 0.15) is 0 Å². The molecule has 0 atom stereocenters. The van der Waals surface area contributed by atoms with Gasteiger partial charge in [0, 0.05) is 37.4 Å². The van der Waals surface area contributed by atoms with Crippen molar-refractivity contribution in [3.63, 3.8) is 0 Å². The van der Waals surface area contributed by atoms with Crippen molar-refractivity contribution in [2.75, 3.05) is 0 Å². The smallest absolute Gasteiger partial charge is 0.0641 e. The number of halogens is 1. The molecule has 33 heavy (non-hydrogen) atoms. The monoisotopic (exact) mass is 486 g/mol. The summed E-state index contributed by atoms with van der Waals surface area (Å²) < 4.78 is 5.87. The lowest BCUT2D eigenvalue weighted by molar-refractivity contribution is 1.17. The first-order chi connectivity index (χ1) is 16.3. The van der Waals surface area contributed by atoms with E-state index in [0.29, 0.717) is 0 Å². The summed E-state index contributed by atoms with van der Waals surface area (Å²) in [4.78, 5) is 0. The lowest BCUT2D eigenvalue weighted by Crippen LogP contribution is -1.95. The van der Waals surface area contributed by atoms with E-state index < -0.39 is 0 Å². The molecule has 0 saturated heterocycles. The Morgan fingerprint density at radius 1 is 0.455 bits per heavy atom. The third-order valence-electron chi connectivity index (χ3n) is 6.55. The van der Waals surface area contributed by atoms with Crippen molar-refractivity contribution in [1.29, 1.82) is 0 Å². The van der Waals surface area contributed by atoms with Crippen LogP contribution in [0.4, 0.5) is 0 Å². The number of para-hydroxylation sites is 3. The van der Waals surface area contributed by atoms with E-state index in [-0.39, 0.29) is 0 Å². The van der Waals surface area contributed by atoms with E-state index in [1.165, 1.54) is 49.3 Å². The zero-order valence-electron chi connectivity index (χ0n) is 17.7. The molecule has 0 unspecified atom stereocenters. The number of aromatic nitrogens is 2. The summed E-state index contributed by atoms with van der Waals surface area (Å²) in [7, 11) is 0. The lowest BCUT2D eigenvalue weighted by atomic mass is 10.1. The molecule has 0 aliphatic carbocycles. The van der Waals surface area contributed by atoms with E-state index in [0.717, 1.165) is 10.2 Å². The van der Waals surface area contributed by atoms with Gasteiger partial charge in [-0.3, -0.25) is 0 Å². The van der Waals surface area contributed by atoms with Gasteiger partial charge in [-0.15, -0.1) is 0 Å². The van der Waals surface area contributed by atoms with E-state index in [9.17, 15) is 0 Å². The third kappa shape index (κ3) is 2.66. The number of hydrogen-bond acceptors (Lipinski definition) is 0. The maximum absolute atomic E-state index is 3.68. The van der Waals surface area contributed by atoms with Crippen molar-refractivity contribution in [3.05, 3.63) is 120 Å². The molecule has 0 bridgehead atoms. The first-order valence-corrected chi connectivity index (χ1v) is 11.9. The van der Waals surface area contributed by atoms with E-state index in [2.05, 4.69) is 140 Å². The Balaban J connectivity index is 1.76. The quantitative estimate of drug-likeness (QED) is 0.231. The highest BCUT2D eigenvalue weighted by Crippen LogP contribution is 2.41. The number of nitrogens with zero attached hydrogens (tertiary/aromatic N) is 2. The van der Waals surface area contributed by atoms with Crippen molar-refractivity contribution in [2.24, 2.45) is 0 Å². The molecule has 2 heterocycles. The fourth-order valence-electron chi connectivity index (χ4n) is 5.25. The fraction of sp³-hybridized carbons (Fsp3) is 0. The van der Waals surface area contributed by atoms with Crippen LogP contribution in [-0.2, 0) is 0 Å². The summed E-state index contributed by atoms with van der Waals surface area (Å²) in [5, 5.41) is 5.09. The van der Waals surface area contributed by atoms with Crippen LogP contribution < -0.4 is 0 Å². The van der Waals surface area contributed by atoms with Gasteiger partial charge in [0.05, 0.1) is 22.1 Å². The highest BCUT2D eigenvalue weighted by atomic mass is 79.9. The minimum Gasteiger partial charge on any atom is -0.309 e. The van der Waals surface area contributed by atoms with Crippen LogP contribution in [0.5, 0.6) is 0 Å². The Hall–Kier alpha value is -3.82. The molecule has 0 spiro atoms. The van der Waals surface area contributed by atoms with E-state index in [1.807, 2.05) is 0 Å². The number of fused-ring (bicyclic) bond motifs is 7. The van der Waals surface area contributed by atoms with Gasteiger partial charge in [0.2, 0.25) is 0 Å². The summed E-state index contributed by atoms with van der Waals surface area (Å²) in [5.74, 6) is 0. The molecular formula is C30H19BrN2. The topological polar surface area (TPSA) is 9.86 Å². The van der Waals surface area contributed by atoms with Crippen molar-refractivity contribution in [2.45, 2.75) is 0 Å². The fourth-order valence-corrected chi connectivity index (χ4v) is 5.63. The lowest BCUT2D eigenvalue weighted by Gasteiger charge is -2.10. The minimum atomic E-state index is 1.07. The van der Waals surface area contributed by atoms with Gasteiger partial charge in [-0.2, -0.15) is 0 Å². The average Bonchev–Trinajstić information content (AvgIpc) is 3.37. The summed E-state index contributed by atoms with van der Waals surface area (Å²) in [6.07, 6.45) is 0. The SMILES string of the molecule is Brc1cccc(-n2c3ccccc3c3ccc4c(c5ccccc5n4-c4ccccc4)c32)c1. The molecule has 7 rings (SSSR count). The Morgan fingerprint density at radius 3 is 1.91 bits per heavy atom. The van der Waals surface area contributed by atoms with Gasteiger partial charge >= 0.3 is 0 Å². The molecule has 3 heteroatoms. The molecule has 156 valence electrons. The van der Waals surface area contributed by atoms with E-state index >= 15 is 0 Å². The minimum absolute atomic E-state index is 1.07. The van der Waals surface area contributed by atoms with Crippen molar-refractivity contribution in [3.8, 4) is 11.4 Å². The van der Waals surface area contributed by atoms with E-state index in [4.69, 9.17) is 0 Å². The highest BCUT2D eigenvalue weighted by molar-refractivity contribution is 9.10. The van der Waals surface area contributed by atoms with Gasteiger partial charge in [0.15, 0.2) is 0 Å². The zero-order chi connectivity index (χ0) is 21.9. The number of benzene rings is 5. The molecule has 0 saturated carbocycles. The Bertz CT molecular complexity index is 1820. The van der Waals surface area contributed by atoms with Gasteiger partial charge < -0.3 is 9.13 Å². The molecule has 2 nitrogen and oxygen atoms in total. The van der Waals surface area contributed by atoms with Crippen molar-refractivity contribution < 1.29 is 0 Å². The maximum Gasteiger partial charge on any atom is 0.0641 e. The first-order valence-electron chi connectivity index (χ1n) is 11.1. The van der Waals surface area contributed by atoms with Crippen LogP contribution in [0.2, 0.25) is 0 Å². The number of hydrogen-bond donors (Lipinski definition) is 0. The standard InChI is InChI=1S/C30H19BrN2/c31-20-9-8-12-22(19-20)33-26-15-6-4-13-23(26)24-17-18-28-29(30(24)33)25-14-5-7-16-27(25)32(28)21-10-2-1-3-11-21/h1-19H. The molecular weight excluding hydrogens is 468 g/mol. The van der Waals surface area contributed by atoms with Crippen LogP contribution in [0.25, 0.3) is 55.0 Å². The maximum atomic E-state index is 3.68. The predicted molar refractivity (Wildman–Crippen MR) is 143 cm³/mol. The predicted octanol–water partition coefficient (Wildman–Crippen LogP) is 8.64. The molecule has 0 aliphatic heterocycles. The van der Waals surface area contributed by atoms with Gasteiger partial charge in [-0.1, -0.05) is 82.7 Å². The van der Waals surface area contributed by atoms with Crippen molar-refractivity contribution >= 4 is 59.5 Å². The Morgan fingerprint density at radius 2 is 1.12 bits per heavy atom. The van der Waals surface area contributed by atoms with Crippen LogP contribution in [0, 0.1) is 0 Å². The first kappa shape index (κ1) is 18.7. The van der Waals surface area contributed by atoms with E-state index in [1.54, 1.807) is 0 Å². The molecule has 0 amide bonds. The molecule has 0 radical (unpaired) electrons. The van der Waals surface area contributed by atoms with Gasteiger partial charge in [-0.05, 0) is 48.5 Å². The Kier molecular flexibility index (Phi) is 4.02. The molecule has 0 N–H and O–H groups in total. The number of rotatable bonds is 2. The van der Waals surface area contributed by atoms with Gasteiger partial charge in [-0.25, -0.2) is 0 Å². The molecule has 0 aliphatic rings. The molecule has 7 aromatic rings. The van der Waals surface area contributed by atoms with Gasteiger partial charge in [0.25, 0.3) is 0 Å². The van der Waals surface area contributed by atoms with Crippen LogP contribution in [0.3, 0.4) is 0 Å². The van der Waals surface area contributed by atoms with Crippen molar-refractivity contribution in [1.82, 2.24) is 9.13 Å². The zero-order valence-corrected chi connectivity index (χ0v) is 19.3. The molecule has 2 aromatic heterocycles. The normalized spacial score (nSPS) is 11.8. The third-order valence-corrected chi connectivity index (χ3v) is 7.04. The van der Waals surface area contributed by atoms with Crippen LogP contribution in [0.15, 0.2) is 120 Å². The molecule has 5 aromatic carbocycles. The Labute approximate surface area is 199 Å². The second kappa shape index (κ2) is 7.09. The summed E-state index contributed by atoms with van der Waals surface area (Å²) >= 11 is 3.68.